The van der Waals surface area contributed by atoms with Crippen LogP contribution in [0.1, 0.15) is 16.7 Å². The summed E-state index contributed by atoms with van der Waals surface area (Å²) >= 11 is 0. The zero-order valence-corrected chi connectivity index (χ0v) is 14.9. The summed E-state index contributed by atoms with van der Waals surface area (Å²) in [6.07, 6.45) is 4.07. The minimum Gasteiger partial charge on any atom is -0.497 e. The maximum absolute atomic E-state index is 11.6. The standard InChI is InChI=1S/C20H22O5/c1-22-17-10-15(11-18(13-17)23-2)6-5-14-7-8-19(24-3)16(9-14)12-20(21)25-4/h5-11,13H,12H2,1-4H3/b6-5-. The molecule has 0 bridgehead atoms. The Bertz CT molecular complexity index is 742. The van der Waals surface area contributed by atoms with Gasteiger partial charge in [-0.25, -0.2) is 0 Å². The van der Waals surface area contributed by atoms with Crippen molar-refractivity contribution in [1.82, 2.24) is 0 Å². The van der Waals surface area contributed by atoms with E-state index >= 15 is 0 Å². The van der Waals surface area contributed by atoms with Crippen molar-refractivity contribution in [1.29, 1.82) is 0 Å². The van der Waals surface area contributed by atoms with E-state index in [0.717, 1.165) is 28.2 Å². The number of methoxy groups -OCH3 is 4. The summed E-state index contributed by atoms with van der Waals surface area (Å²) in [4.78, 5) is 11.6. The van der Waals surface area contributed by atoms with Gasteiger partial charge in [0.2, 0.25) is 0 Å². The molecule has 0 aromatic heterocycles. The van der Waals surface area contributed by atoms with E-state index in [1.54, 1.807) is 21.3 Å². The van der Waals surface area contributed by atoms with Gasteiger partial charge in [-0.3, -0.25) is 4.79 Å². The van der Waals surface area contributed by atoms with Crippen LogP contribution in [0.4, 0.5) is 0 Å². The Kier molecular flexibility index (Phi) is 6.46. The van der Waals surface area contributed by atoms with Crippen LogP contribution in [0.15, 0.2) is 36.4 Å². The highest BCUT2D eigenvalue weighted by atomic mass is 16.5. The van der Waals surface area contributed by atoms with E-state index in [1.807, 2.05) is 48.6 Å². The Hall–Kier alpha value is -2.95. The molecule has 5 heteroatoms. The first-order chi connectivity index (χ1) is 12.1. The van der Waals surface area contributed by atoms with Crippen molar-refractivity contribution in [3.8, 4) is 17.2 Å². The second-order valence-corrected chi connectivity index (χ2v) is 5.30. The van der Waals surface area contributed by atoms with E-state index in [2.05, 4.69) is 0 Å². The smallest absolute Gasteiger partial charge is 0.310 e. The Morgan fingerprint density at radius 3 is 2.04 bits per heavy atom. The van der Waals surface area contributed by atoms with Gasteiger partial charge in [0.15, 0.2) is 0 Å². The molecule has 0 N–H and O–H groups in total. The maximum Gasteiger partial charge on any atom is 0.310 e. The lowest BCUT2D eigenvalue weighted by Crippen LogP contribution is -2.06. The summed E-state index contributed by atoms with van der Waals surface area (Å²) in [5, 5.41) is 0. The van der Waals surface area contributed by atoms with Gasteiger partial charge in [0, 0.05) is 11.6 Å². The number of rotatable bonds is 7. The molecule has 5 nitrogen and oxygen atoms in total. The van der Waals surface area contributed by atoms with E-state index in [1.165, 1.54) is 7.11 Å². The predicted octanol–water partition coefficient (Wildman–Crippen LogP) is 3.60. The minimum atomic E-state index is -0.308. The molecule has 0 unspecified atom stereocenters. The molecule has 0 amide bonds. The van der Waals surface area contributed by atoms with Gasteiger partial charge >= 0.3 is 5.97 Å². The first kappa shape index (κ1) is 18.4. The average Bonchev–Trinajstić information content (AvgIpc) is 2.65. The van der Waals surface area contributed by atoms with E-state index < -0.39 is 0 Å². The zero-order valence-electron chi connectivity index (χ0n) is 14.9. The molecule has 0 radical (unpaired) electrons. The van der Waals surface area contributed by atoms with Crippen LogP contribution in [0.3, 0.4) is 0 Å². The summed E-state index contributed by atoms with van der Waals surface area (Å²) in [6, 6.07) is 11.3. The average molecular weight is 342 g/mol. The van der Waals surface area contributed by atoms with Crippen LogP contribution in [-0.2, 0) is 16.0 Å². The Morgan fingerprint density at radius 2 is 1.48 bits per heavy atom. The molecule has 0 aliphatic carbocycles. The summed E-state index contributed by atoms with van der Waals surface area (Å²) in [6.45, 7) is 0. The van der Waals surface area contributed by atoms with Crippen molar-refractivity contribution in [2.45, 2.75) is 6.42 Å². The second-order valence-electron chi connectivity index (χ2n) is 5.30. The summed E-state index contributed by atoms with van der Waals surface area (Å²) in [7, 11) is 6.18. The lowest BCUT2D eigenvalue weighted by Gasteiger charge is -2.09. The van der Waals surface area contributed by atoms with Crippen molar-refractivity contribution in [2.24, 2.45) is 0 Å². The van der Waals surface area contributed by atoms with Gasteiger partial charge in [0.05, 0.1) is 34.9 Å². The quantitative estimate of drug-likeness (QED) is 0.568. The maximum atomic E-state index is 11.6. The molecular weight excluding hydrogens is 320 g/mol. The topological polar surface area (TPSA) is 54.0 Å². The Morgan fingerprint density at radius 1 is 0.840 bits per heavy atom. The first-order valence-electron chi connectivity index (χ1n) is 7.74. The monoisotopic (exact) mass is 342 g/mol. The number of ether oxygens (including phenoxy) is 4. The second kappa shape index (κ2) is 8.78. The summed E-state index contributed by atoms with van der Waals surface area (Å²) < 4.78 is 20.6. The third-order valence-electron chi connectivity index (χ3n) is 3.71. The molecular formula is C20H22O5. The van der Waals surface area contributed by atoms with Gasteiger partial charge in [-0.2, -0.15) is 0 Å². The zero-order chi connectivity index (χ0) is 18.2. The fourth-order valence-electron chi connectivity index (χ4n) is 2.39. The van der Waals surface area contributed by atoms with E-state index in [4.69, 9.17) is 18.9 Å². The molecule has 2 aromatic rings. The molecule has 0 spiro atoms. The SMILES string of the molecule is COC(=O)Cc1cc(/C=C\c2cc(OC)cc(OC)c2)ccc1OC. The van der Waals surface area contributed by atoms with Crippen LogP contribution in [0.2, 0.25) is 0 Å². The molecule has 132 valence electrons. The highest BCUT2D eigenvalue weighted by Crippen LogP contribution is 2.25. The van der Waals surface area contributed by atoms with Gasteiger partial charge in [-0.05, 0) is 35.4 Å². The van der Waals surface area contributed by atoms with Crippen LogP contribution in [0, 0.1) is 0 Å². The van der Waals surface area contributed by atoms with Crippen LogP contribution in [-0.4, -0.2) is 34.4 Å². The first-order valence-corrected chi connectivity index (χ1v) is 7.74. The van der Waals surface area contributed by atoms with Crippen molar-refractivity contribution in [2.75, 3.05) is 28.4 Å². The van der Waals surface area contributed by atoms with Crippen molar-refractivity contribution >= 4 is 18.1 Å². The third kappa shape index (κ3) is 5.01. The molecule has 0 aliphatic heterocycles. The molecule has 0 saturated carbocycles. The third-order valence-corrected chi connectivity index (χ3v) is 3.71. The van der Waals surface area contributed by atoms with E-state index in [-0.39, 0.29) is 12.4 Å². The van der Waals surface area contributed by atoms with E-state index in [9.17, 15) is 4.79 Å². The molecule has 25 heavy (non-hydrogen) atoms. The summed E-state index contributed by atoms with van der Waals surface area (Å²) in [5.41, 5.74) is 2.67. The Labute approximate surface area is 147 Å². The van der Waals surface area contributed by atoms with Gasteiger partial charge in [-0.1, -0.05) is 18.2 Å². The predicted molar refractivity (Wildman–Crippen MR) is 97.2 cm³/mol. The molecule has 0 saturated heterocycles. The highest BCUT2D eigenvalue weighted by Gasteiger charge is 2.09. The van der Waals surface area contributed by atoms with Crippen molar-refractivity contribution in [3.63, 3.8) is 0 Å². The Balaban J connectivity index is 2.29. The molecule has 0 heterocycles. The number of carbonyl (C=O) groups excluding carboxylic acids is 1. The largest absolute Gasteiger partial charge is 0.497 e. The highest BCUT2D eigenvalue weighted by molar-refractivity contribution is 5.75. The van der Waals surface area contributed by atoms with Crippen LogP contribution in [0.25, 0.3) is 12.2 Å². The van der Waals surface area contributed by atoms with Crippen molar-refractivity contribution in [3.05, 3.63) is 53.1 Å². The number of hydrogen-bond acceptors (Lipinski definition) is 5. The molecule has 0 aliphatic rings. The number of carbonyl (C=O) groups is 1. The molecule has 0 atom stereocenters. The fraction of sp³-hybridized carbons (Fsp3) is 0.250. The van der Waals surface area contributed by atoms with Gasteiger partial charge in [-0.15, -0.1) is 0 Å². The van der Waals surface area contributed by atoms with Gasteiger partial charge < -0.3 is 18.9 Å². The van der Waals surface area contributed by atoms with Crippen LogP contribution < -0.4 is 14.2 Å². The van der Waals surface area contributed by atoms with Gasteiger partial charge in [0.25, 0.3) is 0 Å². The van der Waals surface area contributed by atoms with Crippen molar-refractivity contribution < 1.29 is 23.7 Å². The summed E-state index contributed by atoms with van der Waals surface area (Å²) in [5.74, 6) is 1.79. The number of benzene rings is 2. The molecule has 2 rings (SSSR count). The number of hydrogen-bond donors (Lipinski definition) is 0. The van der Waals surface area contributed by atoms with Crippen LogP contribution in [0.5, 0.6) is 17.2 Å². The number of esters is 1. The molecule has 0 fully saturated rings. The lowest BCUT2D eigenvalue weighted by atomic mass is 10.1. The lowest BCUT2D eigenvalue weighted by molar-refractivity contribution is -0.139. The minimum absolute atomic E-state index is 0.161. The van der Waals surface area contributed by atoms with Gasteiger partial charge in [0.1, 0.15) is 17.2 Å². The van der Waals surface area contributed by atoms with Crippen LogP contribution >= 0.6 is 0 Å². The fourth-order valence-corrected chi connectivity index (χ4v) is 2.39. The molecule has 2 aromatic carbocycles. The van der Waals surface area contributed by atoms with E-state index in [0.29, 0.717) is 5.75 Å². The normalized spacial score (nSPS) is 10.6.